The molecule has 1 aliphatic carbocycles. The molecular formula is C13H19FN2O3S. The summed E-state index contributed by atoms with van der Waals surface area (Å²) in [4.78, 5) is -0.0825. The maximum absolute atomic E-state index is 13.3. The Balaban J connectivity index is 2.20. The van der Waals surface area contributed by atoms with Crippen molar-refractivity contribution in [3.63, 3.8) is 0 Å². The van der Waals surface area contributed by atoms with Crippen LogP contribution in [0.15, 0.2) is 23.1 Å². The fourth-order valence-corrected chi connectivity index (χ4v) is 4.04. The van der Waals surface area contributed by atoms with Crippen LogP contribution in [0.25, 0.3) is 0 Å². The lowest BCUT2D eigenvalue weighted by atomic mass is 10.2. The summed E-state index contributed by atoms with van der Waals surface area (Å²) in [5.41, 5.74) is 5.92. The molecule has 0 aliphatic heterocycles. The molecule has 1 saturated carbocycles. The highest BCUT2D eigenvalue weighted by atomic mass is 32.2. The highest BCUT2D eigenvalue weighted by molar-refractivity contribution is 7.89. The zero-order chi connectivity index (χ0) is 14.8. The number of hydrogen-bond acceptors (Lipinski definition) is 4. The van der Waals surface area contributed by atoms with Gasteiger partial charge in [-0.2, -0.15) is 0 Å². The molecular weight excluding hydrogens is 283 g/mol. The maximum Gasteiger partial charge on any atom is 0.241 e. The molecule has 7 heteroatoms. The second-order valence-corrected chi connectivity index (χ2v) is 6.63. The van der Waals surface area contributed by atoms with Crippen LogP contribution in [0.5, 0.6) is 0 Å². The van der Waals surface area contributed by atoms with Gasteiger partial charge in [0, 0.05) is 19.7 Å². The summed E-state index contributed by atoms with van der Waals surface area (Å²) in [6.45, 7) is 0.0435. The van der Waals surface area contributed by atoms with E-state index in [1.54, 1.807) is 7.11 Å². The van der Waals surface area contributed by atoms with E-state index in [1.165, 1.54) is 12.1 Å². The van der Waals surface area contributed by atoms with Gasteiger partial charge in [-0.05, 0) is 37.0 Å². The lowest BCUT2D eigenvalue weighted by Gasteiger charge is -2.15. The van der Waals surface area contributed by atoms with Crippen LogP contribution < -0.4 is 10.5 Å². The SMILES string of the molecule is COC1CCC(NS(=O)(=O)c2cc(F)ccc2CN)C1. The van der Waals surface area contributed by atoms with E-state index in [4.69, 9.17) is 10.5 Å². The fraction of sp³-hybridized carbons (Fsp3) is 0.538. The van der Waals surface area contributed by atoms with Crippen LogP contribution in [0.4, 0.5) is 4.39 Å². The smallest absolute Gasteiger partial charge is 0.241 e. The van der Waals surface area contributed by atoms with Gasteiger partial charge in [0.2, 0.25) is 10.0 Å². The monoisotopic (exact) mass is 302 g/mol. The Bertz CT molecular complexity index is 577. The first-order chi connectivity index (χ1) is 9.46. The first-order valence-corrected chi connectivity index (χ1v) is 7.98. The second kappa shape index (κ2) is 6.17. The van der Waals surface area contributed by atoms with E-state index in [-0.39, 0.29) is 23.6 Å². The van der Waals surface area contributed by atoms with Crippen molar-refractivity contribution in [3.8, 4) is 0 Å². The highest BCUT2D eigenvalue weighted by Crippen LogP contribution is 2.24. The predicted octanol–water partition coefficient (Wildman–Crippen LogP) is 1.13. The van der Waals surface area contributed by atoms with E-state index < -0.39 is 15.8 Å². The number of sulfonamides is 1. The van der Waals surface area contributed by atoms with Crippen molar-refractivity contribution in [1.82, 2.24) is 4.72 Å². The third-order valence-corrected chi connectivity index (χ3v) is 5.18. The van der Waals surface area contributed by atoms with Crippen molar-refractivity contribution in [2.45, 2.75) is 42.8 Å². The van der Waals surface area contributed by atoms with Crippen LogP contribution in [-0.2, 0) is 21.3 Å². The van der Waals surface area contributed by atoms with Gasteiger partial charge in [0.1, 0.15) is 5.82 Å². The summed E-state index contributed by atoms with van der Waals surface area (Å²) in [5.74, 6) is -0.594. The molecule has 5 nitrogen and oxygen atoms in total. The molecule has 0 heterocycles. The highest BCUT2D eigenvalue weighted by Gasteiger charge is 2.29. The van der Waals surface area contributed by atoms with E-state index in [1.807, 2.05) is 0 Å². The maximum atomic E-state index is 13.3. The van der Waals surface area contributed by atoms with Crippen molar-refractivity contribution >= 4 is 10.0 Å². The second-order valence-electron chi connectivity index (χ2n) is 4.95. The first kappa shape index (κ1) is 15.4. The van der Waals surface area contributed by atoms with Crippen LogP contribution >= 0.6 is 0 Å². The third kappa shape index (κ3) is 3.35. The Morgan fingerprint density at radius 2 is 2.20 bits per heavy atom. The molecule has 1 aromatic rings. The average Bonchev–Trinajstić information content (AvgIpc) is 2.85. The molecule has 2 rings (SSSR count). The normalized spacial score (nSPS) is 23.1. The molecule has 1 aromatic carbocycles. The van der Waals surface area contributed by atoms with Gasteiger partial charge in [-0.25, -0.2) is 17.5 Å². The van der Waals surface area contributed by atoms with Crippen LogP contribution in [0.1, 0.15) is 24.8 Å². The van der Waals surface area contributed by atoms with E-state index in [0.717, 1.165) is 12.5 Å². The summed E-state index contributed by atoms with van der Waals surface area (Å²) < 4.78 is 45.8. The van der Waals surface area contributed by atoms with Gasteiger partial charge in [-0.1, -0.05) is 6.07 Å². The lowest BCUT2D eigenvalue weighted by Crippen LogP contribution is -2.34. The Morgan fingerprint density at radius 1 is 1.45 bits per heavy atom. The number of ether oxygens (including phenoxy) is 1. The average molecular weight is 302 g/mol. The molecule has 112 valence electrons. The van der Waals surface area contributed by atoms with Crippen LogP contribution in [0.2, 0.25) is 0 Å². The lowest BCUT2D eigenvalue weighted by molar-refractivity contribution is 0.107. The van der Waals surface area contributed by atoms with Crippen LogP contribution in [0.3, 0.4) is 0 Å². The summed E-state index contributed by atoms with van der Waals surface area (Å²) >= 11 is 0. The van der Waals surface area contributed by atoms with Crippen molar-refractivity contribution in [2.24, 2.45) is 5.73 Å². The summed E-state index contributed by atoms with van der Waals surface area (Å²) in [7, 11) is -2.15. The van der Waals surface area contributed by atoms with E-state index in [0.29, 0.717) is 18.4 Å². The molecule has 2 unspecified atom stereocenters. The number of halogens is 1. The number of hydrogen-bond donors (Lipinski definition) is 2. The molecule has 2 atom stereocenters. The topological polar surface area (TPSA) is 81.4 Å². The molecule has 1 fully saturated rings. The van der Waals surface area contributed by atoms with Gasteiger partial charge in [0.15, 0.2) is 0 Å². The van der Waals surface area contributed by atoms with Gasteiger partial charge >= 0.3 is 0 Å². The molecule has 0 aromatic heterocycles. The molecule has 3 N–H and O–H groups in total. The molecule has 0 radical (unpaired) electrons. The molecule has 0 bridgehead atoms. The van der Waals surface area contributed by atoms with E-state index >= 15 is 0 Å². The summed E-state index contributed by atoms with van der Waals surface area (Å²) in [6, 6.07) is 3.43. The zero-order valence-electron chi connectivity index (χ0n) is 11.3. The largest absolute Gasteiger partial charge is 0.381 e. The predicted molar refractivity (Wildman–Crippen MR) is 73.0 cm³/mol. The Kier molecular flexibility index (Phi) is 4.74. The molecule has 0 saturated heterocycles. The Hall–Kier alpha value is -1.02. The third-order valence-electron chi connectivity index (χ3n) is 3.58. The minimum atomic E-state index is -3.77. The van der Waals surface area contributed by atoms with Gasteiger partial charge in [-0.3, -0.25) is 0 Å². The van der Waals surface area contributed by atoms with Crippen molar-refractivity contribution in [1.29, 1.82) is 0 Å². The minimum absolute atomic E-state index is 0.0435. The molecule has 0 spiro atoms. The Labute approximate surface area is 118 Å². The number of rotatable bonds is 5. The summed E-state index contributed by atoms with van der Waals surface area (Å²) in [6.07, 6.45) is 2.23. The number of nitrogens with two attached hydrogens (primary N) is 1. The number of benzene rings is 1. The van der Waals surface area contributed by atoms with Gasteiger partial charge < -0.3 is 10.5 Å². The first-order valence-electron chi connectivity index (χ1n) is 6.50. The van der Waals surface area contributed by atoms with Crippen LogP contribution in [0, 0.1) is 5.82 Å². The van der Waals surface area contributed by atoms with Gasteiger partial charge in [0.25, 0.3) is 0 Å². The summed E-state index contributed by atoms with van der Waals surface area (Å²) in [5, 5.41) is 0. The number of methoxy groups -OCH3 is 1. The minimum Gasteiger partial charge on any atom is -0.381 e. The fourth-order valence-electron chi connectivity index (χ4n) is 2.49. The Morgan fingerprint density at radius 3 is 2.80 bits per heavy atom. The van der Waals surface area contributed by atoms with Crippen LogP contribution in [-0.4, -0.2) is 27.7 Å². The zero-order valence-corrected chi connectivity index (χ0v) is 12.1. The number of nitrogens with one attached hydrogen (secondary N) is 1. The standard InChI is InChI=1S/C13H19FN2O3S/c1-19-12-5-4-11(7-12)16-20(17,18)13-6-10(14)3-2-9(13)8-15/h2-3,6,11-12,16H,4-5,7-8,15H2,1H3. The van der Waals surface area contributed by atoms with Crippen molar-refractivity contribution < 1.29 is 17.5 Å². The molecule has 20 heavy (non-hydrogen) atoms. The van der Waals surface area contributed by atoms with Crippen molar-refractivity contribution in [3.05, 3.63) is 29.6 Å². The quantitative estimate of drug-likeness (QED) is 0.854. The molecule has 1 aliphatic rings. The van der Waals surface area contributed by atoms with Gasteiger partial charge in [-0.15, -0.1) is 0 Å². The van der Waals surface area contributed by atoms with Crippen molar-refractivity contribution in [2.75, 3.05) is 7.11 Å². The van der Waals surface area contributed by atoms with Gasteiger partial charge in [0.05, 0.1) is 11.0 Å². The molecule has 0 amide bonds. The van der Waals surface area contributed by atoms with E-state index in [2.05, 4.69) is 4.72 Å². The van der Waals surface area contributed by atoms with E-state index in [9.17, 15) is 12.8 Å².